The molecule has 0 aliphatic carbocycles. The van der Waals surface area contributed by atoms with Crippen LogP contribution in [0.5, 0.6) is 5.75 Å². The number of aromatic nitrogens is 1. The van der Waals surface area contributed by atoms with Crippen LogP contribution in [0, 0.1) is 12.7 Å². The summed E-state index contributed by atoms with van der Waals surface area (Å²) in [5.41, 5.74) is 0.727. The molecule has 1 aromatic carbocycles. The summed E-state index contributed by atoms with van der Waals surface area (Å²) in [4.78, 5) is 16.2. The summed E-state index contributed by atoms with van der Waals surface area (Å²) in [5.74, 6) is 0.290. The second-order valence-corrected chi connectivity index (χ2v) is 4.90. The van der Waals surface area contributed by atoms with Gasteiger partial charge >= 0.3 is 0 Å². The molecule has 5 heteroatoms. The van der Waals surface area contributed by atoms with Gasteiger partial charge in [-0.2, -0.15) is 0 Å². The average molecular weight is 265 g/mol. The molecule has 0 N–H and O–H groups in total. The molecule has 18 heavy (non-hydrogen) atoms. The third-order valence-corrected chi connectivity index (χ3v) is 3.57. The van der Waals surface area contributed by atoms with Crippen LogP contribution < -0.4 is 4.74 Å². The van der Waals surface area contributed by atoms with Gasteiger partial charge in [-0.25, -0.2) is 9.37 Å². The van der Waals surface area contributed by atoms with Crippen LogP contribution in [0.1, 0.15) is 27.3 Å². The molecule has 2 aromatic rings. The molecule has 0 amide bonds. The van der Waals surface area contributed by atoms with Crippen molar-refractivity contribution in [3.8, 4) is 5.75 Å². The van der Waals surface area contributed by atoms with E-state index in [-0.39, 0.29) is 18.2 Å². The van der Waals surface area contributed by atoms with Crippen molar-refractivity contribution in [3.05, 3.63) is 45.7 Å². The van der Waals surface area contributed by atoms with Gasteiger partial charge in [0.1, 0.15) is 23.2 Å². The van der Waals surface area contributed by atoms with Crippen LogP contribution in [0.4, 0.5) is 4.39 Å². The minimum absolute atomic E-state index is 0.0121. The van der Waals surface area contributed by atoms with Gasteiger partial charge in [-0.05, 0) is 31.2 Å². The van der Waals surface area contributed by atoms with Gasteiger partial charge in [0.05, 0.1) is 10.6 Å². The van der Waals surface area contributed by atoms with Gasteiger partial charge in [0.15, 0.2) is 5.78 Å². The summed E-state index contributed by atoms with van der Waals surface area (Å²) < 4.78 is 18.2. The van der Waals surface area contributed by atoms with E-state index in [0.29, 0.717) is 10.6 Å². The number of carbonyl (C=O) groups is 1. The predicted molar refractivity (Wildman–Crippen MR) is 67.6 cm³/mol. The fourth-order valence-corrected chi connectivity index (χ4v) is 2.39. The Morgan fingerprint density at radius 2 is 2.06 bits per heavy atom. The number of aryl methyl sites for hydroxylation is 1. The van der Waals surface area contributed by atoms with E-state index in [4.69, 9.17) is 4.74 Å². The van der Waals surface area contributed by atoms with E-state index >= 15 is 0 Å². The van der Waals surface area contributed by atoms with Crippen molar-refractivity contribution in [3.63, 3.8) is 0 Å². The lowest BCUT2D eigenvalue weighted by Crippen LogP contribution is -1.94. The number of nitrogens with zero attached hydrogens (tertiary/aromatic N) is 1. The lowest BCUT2D eigenvalue weighted by Gasteiger charge is -2.02. The molecule has 0 saturated heterocycles. The highest BCUT2D eigenvalue weighted by atomic mass is 32.1. The number of ether oxygens (including phenoxy) is 1. The number of Topliss-reactive ketones (excluding diaryl/α,β-unsaturated/α-hetero) is 1. The van der Waals surface area contributed by atoms with Crippen LogP contribution in [0.2, 0.25) is 0 Å². The molecule has 0 atom stereocenters. The second-order valence-electron chi connectivity index (χ2n) is 3.82. The summed E-state index contributed by atoms with van der Waals surface area (Å²) in [6, 6.07) is 5.79. The summed E-state index contributed by atoms with van der Waals surface area (Å²) >= 11 is 1.33. The number of halogens is 1. The van der Waals surface area contributed by atoms with Crippen molar-refractivity contribution in [1.29, 1.82) is 0 Å². The molecule has 0 radical (unpaired) electrons. The van der Waals surface area contributed by atoms with Crippen molar-refractivity contribution in [2.24, 2.45) is 0 Å². The van der Waals surface area contributed by atoms with Crippen molar-refractivity contribution in [1.82, 2.24) is 4.98 Å². The Bertz CT molecular complexity index is 563. The first-order valence-electron chi connectivity index (χ1n) is 5.42. The Labute approximate surface area is 108 Å². The molecule has 0 bridgehead atoms. The van der Waals surface area contributed by atoms with E-state index in [9.17, 15) is 9.18 Å². The topological polar surface area (TPSA) is 39.2 Å². The van der Waals surface area contributed by atoms with Gasteiger partial charge in [-0.1, -0.05) is 0 Å². The SMILES string of the molecule is CC(=O)c1sc(COc2ccc(F)cc2)nc1C. The molecule has 0 spiro atoms. The van der Waals surface area contributed by atoms with Gasteiger partial charge < -0.3 is 4.74 Å². The van der Waals surface area contributed by atoms with Crippen LogP contribution in [-0.4, -0.2) is 10.8 Å². The van der Waals surface area contributed by atoms with Crippen LogP contribution in [0.15, 0.2) is 24.3 Å². The Morgan fingerprint density at radius 1 is 1.39 bits per heavy atom. The van der Waals surface area contributed by atoms with Gasteiger partial charge in [-0.3, -0.25) is 4.79 Å². The molecular weight excluding hydrogens is 253 g/mol. The maximum Gasteiger partial charge on any atom is 0.171 e. The first kappa shape index (κ1) is 12.7. The van der Waals surface area contributed by atoms with Crippen LogP contribution in [-0.2, 0) is 6.61 Å². The largest absolute Gasteiger partial charge is 0.486 e. The van der Waals surface area contributed by atoms with E-state index < -0.39 is 0 Å². The summed E-state index contributed by atoms with van der Waals surface area (Å²) in [5, 5.41) is 0.738. The standard InChI is InChI=1S/C13H12FNO2S/c1-8-13(9(2)16)18-12(15-8)7-17-11-5-3-10(14)4-6-11/h3-6H,7H2,1-2H3. The molecule has 94 valence electrons. The van der Waals surface area contributed by atoms with Gasteiger partial charge in [0.2, 0.25) is 0 Å². The Kier molecular flexibility index (Phi) is 3.72. The number of ketones is 1. The van der Waals surface area contributed by atoms with Crippen LogP contribution in [0.25, 0.3) is 0 Å². The number of hydrogen-bond acceptors (Lipinski definition) is 4. The summed E-state index contributed by atoms with van der Waals surface area (Å²) in [7, 11) is 0. The average Bonchev–Trinajstić information content (AvgIpc) is 2.70. The molecular formula is C13H12FNO2S. The van der Waals surface area contributed by atoms with Crippen molar-refractivity contribution in [2.45, 2.75) is 20.5 Å². The number of benzene rings is 1. The van der Waals surface area contributed by atoms with Crippen molar-refractivity contribution >= 4 is 17.1 Å². The van der Waals surface area contributed by atoms with E-state index in [0.717, 1.165) is 10.7 Å². The van der Waals surface area contributed by atoms with Gasteiger partial charge in [-0.15, -0.1) is 11.3 Å². The molecule has 1 aromatic heterocycles. The Hall–Kier alpha value is -1.75. The minimum Gasteiger partial charge on any atom is -0.486 e. The highest BCUT2D eigenvalue weighted by Gasteiger charge is 2.11. The van der Waals surface area contributed by atoms with E-state index in [2.05, 4.69) is 4.98 Å². The molecule has 0 unspecified atom stereocenters. The van der Waals surface area contributed by atoms with Gasteiger partial charge in [0, 0.05) is 6.92 Å². The highest BCUT2D eigenvalue weighted by molar-refractivity contribution is 7.13. The number of thiazole rings is 1. The van der Waals surface area contributed by atoms with Crippen LogP contribution >= 0.6 is 11.3 Å². The smallest absolute Gasteiger partial charge is 0.171 e. The Balaban J connectivity index is 2.04. The zero-order valence-corrected chi connectivity index (χ0v) is 10.9. The second kappa shape index (κ2) is 5.27. The number of hydrogen-bond donors (Lipinski definition) is 0. The zero-order valence-electron chi connectivity index (χ0n) is 10.1. The van der Waals surface area contributed by atoms with Crippen molar-refractivity contribution in [2.75, 3.05) is 0 Å². The molecule has 0 saturated carbocycles. The fourth-order valence-electron chi connectivity index (χ4n) is 1.52. The van der Waals surface area contributed by atoms with Crippen LogP contribution in [0.3, 0.4) is 0 Å². The molecule has 0 fully saturated rings. The van der Waals surface area contributed by atoms with E-state index in [1.54, 1.807) is 19.1 Å². The first-order valence-corrected chi connectivity index (χ1v) is 6.23. The van der Waals surface area contributed by atoms with Gasteiger partial charge in [0.25, 0.3) is 0 Å². The zero-order chi connectivity index (χ0) is 13.1. The first-order chi connectivity index (χ1) is 8.56. The van der Waals surface area contributed by atoms with E-state index in [1.165, 1.54) is 30.4 Å². The normalized spacial score (nSPS) is 10.4. The lowest BCUT2D eigenvalue weighted by atomic mass is 10.3. The third-order valence-electron chi connectivity index (χ3n) is 2.34. The minimum atomic E-state index is -0.300. The molecule has 1 heterocycles. The predicted octanol–water partition coefficient (Wildman–Crippen LogP) is 3.37. The molecule has 0 aliphatic rings. The molecule has 0 aliphatic heterocycles. The maximum absolute atomic E-state index is 12.7. The molecule has 3 nitrogen and oxygen atoms in total. The fraction of sp³-hybridized carbons (Fsp3) is 0.231. The lowest BCUT2D eigenvalue weighted by molar-refractivity contribution is 0.102. The summed E-state index contributed by atoms with van der Waals surface area (Å²) in [6.07, 6.45) is 0. The quantitative estimate of drug-likeness (QED) is 0.796. The molecule has 2 rings (SSSR count). The van der Waals surface area contributed by atoms with E-state index in [1.807, 2.05) is 0 Å². The number of carbonyl (C=O) groups excluding carboxylic acids is 1. The Morgan fingerprint density at radius 3 is 2.61 bits per heavy atom. The highest BCUT2D eigenvalue weighted by Crippen LogP contribution is 2.20. The number of rotatable bonds is 4. The monoisotopic (exact) mass is 265 g/mol. The van der Waals surface area contributed by atoms with Crippen molar-refractivity contribution < 1.29 is 13.9 Å². The summed E-state index contributed by atoms with van der Waals surface area (Å²) in [6.45, 7) is 3.60. The third kappa shape index (κ3) is 2.92. The maximum atomic E-state index is 12.7.